The van der Waals surface area contributed by atoms with E-state index in [1.54, 1.807) is 43.3 Å². The van der Waals surface area contributed by atoms with Gasteiger partial charge in [-0.3, -0.25) is 24.1 Å². The largest absolute Gasteiger partial charge is 0.495 e. The number of aryl methyl sites for hydroxylation is 1. The first kappa shape index (κ1) is 30.5. The number of nitrogens with one attached hydrogen (secondary N) is 2. The van der Waals surface area contributed by atoms with Crippen LogP contribution in [0.3, 0.4) is 0 Å². The molecule has 3 aromatic rings. The summed E-state index contributed by atoms with van der Waals surface area (Å²) >= 11 is 6.82. The summed E-state index contributed by atoms with van der Waals surface area (Å²) in [5.41, 5.74) is 2.59. The molecule has 0 radical (unpaired) electrons. The Hall–Kier alpha value is -4.48. The van der Waals surface area contributed by atoms with Crippen LogP contribution < -0.4 is 24.8 Å². The van der Waals surface area contributed by atoms with Crippen LogP contribution in [0.5, 0.6) is 17.2 Å². The van der Waals surface area contributed by atoms with Crippen molar-refractivity contribution < 1.29 is 33.4 Å². The molecule has 218 valence electrons. The molecule has 4 rings (SSSR count). The summed E-state index contributed by atoms with van der Waals surface area (Å²) in [6, 6.07) is 17.0. The second-order valence-corrected chi connectivity index (χ2v) is 10.4. The highest BCUT2D eigenvalue weighted by molar-refractivity contribution is 8.18. The van der Waals surface area contributed by atoms with Gasteiger partial charge in [-0.1, -0.05) is 35.9 Å². The second-order valence-electron chi connectivity index (χ2n) is 8.96. The number of imide groups is 1. The second kappa shape index (κ2) is 13.9. The molecule has 10 nitrogen and oxygen atoms in total. The first-order chi connectivity index (χ1) is 20.2. The number of nitrogens with zero attached hydrogens (tertiary/aromatic N) is 1. The predicted octanol–water partition coefficient (Wildman–Crippen LogP) is 5.75. The number of rotatable bonds is 11. The quantitative estimate of drug-likeness (QED) is 0.264. The maximum absolute atomic E-state index is 13.0. The number of ether oxygens (including phenoxy) is 3. The fraction of sp³-hybridized carbons (Fsp3) is 0.200. The molecule has 2 N–H and O–H groups in total. The number of carbonyl (C=O) groups is 4. The van der Waals surface area contributed by atoms with Crippen LogP contribution >= 0.6 is 23.4 Å². The summed E-state index contributed by atoms with van der Waals surface area (Å²) in [4.78, 5) is 51.5. The van der Waals surface area contributed by atoms with Crippen molar-refractivity contribution in [2.45, 2.75) is 13.8 Å². The van der Waals surface area contributed by atoms with Gasteiger partial charge in [0.2, 0.25) is 5.91 Å². The molecule has 3 aromatic carbocycles. The number of hydrogen-bond acceptors (Lipinski definition) is 8. The zero-order valence-corrected chi connectivity index (χ0v) is 24.6. The molecule has 0 bridgehead atoms. The summed E-state index contributed by atoms with van der Waals surface area (Å²) < 4.78 is 16.5. The lowest BCUT2D eigenvalue weighted by Crippen LogP contribution is -2.36. The van der Waals surface area contributed by atoms with Gasteiger partial charge in [0.15, 0.2) is 18.1 Å². The molecule has 1 aliphatic rings. The van der Waals surface area contributed by atoms with Gasteiger partial charge < -0.3 is 24.8 Å². The minimum Gasteiger partial charge on any atom is -0.495 e. The Morgan fingerprint density at radius 1 is 0.952 bits per heavy atom. The fourth-order valence-electron chi connectivity index (χ4n) is 3.92. The minimum atomic E-state index is -0.598. The van der Waals surface area contributed by atoms with Crippen molar-refractivity contribution >= 4 is 63.8 Å². The van der Waals surface area contributed by atoms with Crippen LogP contribution in [-0.4, -0.2) is 54.7 Å². The lowest BCUT2D eigenvalue weighted by atomic mass is 10.2. The van der Waals surface area contributed by atoms with Crippen molar-refractivity contribution in [2.75, 3.05) is 37.5 Å². The van der Waals surface area contributed by atoms with Crippen LogP contribution in [0.1, 0.15) is 18.1 Å². The van der Waals surface area contributed by atoms with Crippen molar-refractivity contribution in [1.82, 2.24) is 4.90 Å². The number of methoxy groups -OCH3 is 1. The van der Waals surface area contributed by atoms with E-state index < -0.39 is 23.6 Å². The highest BCUT2D eigenvalue weighted by Gasteiger charge is 2.36. The van der Waals surface area contributed by atoms with E-state index in [2.05, 4.69) is 10.6 Å². The third-order valence-corrected chi connectivity index (χ3v) is 7.16. The average Bonchev–Trinajstić information content (AvgIpc) is 3.21. The van der Waals surface area contributed by atoms with Gasteiger partial charge in [0.1, 0.15) is 12.3 Å². The smallest absolute Gasteiger partial charge is 0.294 e. The number of anilines is 2. The van der Waals surface area contributed by atoms with Gasteiger partial charge in [-0.2, -0.15) is 0 Å². The predicted molar refractivity (Wildman–Crippen MR) is 162 cm³/mol. The molecule has 0 aliphatic carbocycles. The Labute approximate surface area is 252 Å². The Morgan fingerprint density at radius 3 is 2.43 bits per heavy atom. The van der Waals surface area contributed by atoms with Gasteiger partial charge >= 0.3 is 0 Å². The number of benzene rings is 3. The monoisotopic (exact) mass is 609 g/mol. The summed E-state index contributed by atoms with van der Waals surface area (Å²) in [5, 5.41) is 5.16. The first-order valence-corrected chi connectivity index (χ1v) is 14.0. The van der Waals surface area contributed by atoms with Crippen LogP contribution in [0, 0.1) is 6.92 Å². The Morgan fingerprint density at radius 2 is 1.71 bits per heavy atom. The summed E-state index contributed by atoms with van der Waals surface area (Å²) in [7, 11) is 1.47. The summed E-state index contributed by atoms with van der Waals surface area (Å²) in [5.74, 6) is -0.334. The molecular formula is C30H28ClN3O7S. The van der Waals surface area contributed by atoms with Gasteiger partial charge in [0.25, 0.3) is 17.1 Å². The van der Waals surface area contributed by atoms with Gasteiger partial charge in [-0.15, -0.1) is 0 Å². The fourth-order valence-corrected chi connectivity index (χ4v) is 5.02. The lowest BCUT2D eigenvalue weighted by molar-refractivity contribution is -0.127. The van der Waals surface area contributed by atoms with Crippen LogP contribution in [0.25, 0.3) is 6.08 Å². The Kier molecular flexibility index (Phi) is 10.1. The third kappa shape index (κ3) is 7.62. The van der Waals surface area contributed by atoms with Crippen molar-refractivity contribution in [3.05, 3.63) is 81.7 Å². The molecule has 1 saturated heterocycles. The number of halogens is 1. The third-order valence-electron chi connectivity index (χ3n) is 5.95. The van der Waals surface area contributed by atoms with Crippen LogP contribution in [0.4, 0.5) is 16.2 Å². The van der Waals surface area contributed by atoms with Crippen LogP contribution in [0.2, 0.25) is 5.02 Å². The van der Waals surface area contributed by atoms with E-state index in [0.717, 1.165) is 22.2 Å². The number of carbonyl (C=O) groups excluding carboxylic acids is 4. The van der Waals surface area contributed by atoms with E-state index in [9.17, 15) is 19.2 Å². The normalized spacial score (nSPS) is 13.7. The molecular weight excluding hydrogens is 582 g/mol. The maximum Gasteiger partial charge on any atom is 0.294 e. The van der Waals surface area contributed by atoms with E-state index in [0.29, 0.717) is 45.8 Å². The van der Waals surface area contributed by atoms with Gasteiger partial charge in [0.05, 0.1) is 23.6 Å². The molecule has 1 fully saturated rings. The molecule has 1 aliphatic heterocycles. The van der Waals surface area contributed by atoms with E-state index in [1.165, 1.54) is 19.3 Å². The molecule has 4 amide bonds. The number of para-hydroxylation sites is 1. The van der Waals surface area contributed by atoms with Gasteiger partial charge in [0, 0.05) is 11.4 Å². The summed E-state index contributed by atoms with van der Waals surface area (Å²) in [6.45, 7) is 3.33. The van der Waals surface area contributed by atoms with Crippen molar-refractivity contribution in [1.29, 1.82) is 0 Å². The molecule has 0 unspecified atom stereocenters. The van der Waals surface area contributed by atoms with Gasteiger partial charge in [-0.05, 0) is 79.2 Å². The highest BCUT2D eigenvalue weighted by Crippen LogP contribution is 2.35. The Bertz CT molecular complexity index is 1560. The first-order valence-electron chi connectivity index (χ1n) is 12.8. The standard InChI is InChI=1S/C30H28ClN3O7S/c1-4-40-25-13-19(9-11-24(25)41-17-28(36)33-22-8-6-5-7-18(22)2)14-26-29(37)34(30(38)42-26)16-27(35)32-20-10-12-23(39-3)21(31)15-20/h5-15H,4,16-17H2,1-3H3,(H,32,35)(H,33,36)/b26-14-. The van der Waals surface area contributed by atoms with E-state index in [-0.39, 0.29) is 17.4 Å². The zero-order valence-electron chi connectivity index (χ0n) is 23.1. The summed E-state index contributed by atoms with van der Waals surface area (Å²) in [6.07, 6.45) is 1.53. The number of amides is 4. The number of thioether (sulfide) groups is 1. The zero-order chi connectivity index (χ0) is 30.2. The average molecular weight is 610 g/mol. The van der Waals surface area contributed by atoms with Crippen molar-refractivity contribution in [3.63, 3.8) is 0 Å². The molecule has 0 saturated carbocycles. The van der Waals surface area contributed by atoms with E-state index in [1.807, 2.05) is 25.1 Å². The molecule has 0 atom stereocenters. The molecule has 1 heterocycles. The molecule has 0 aromatic heterocycles. The van der Waals surface area contributed by atoms with E-state index in [4.69, 9.17) is 25.8 Å². The van der Waals surface area contributed by atoms with Crippen LogP contribution in [-0.2, 0) is 14.4 Å². The molecule has 12 heteroatoms. The van der Waals surface area contributed by atoms with Gasteiger partial charge in [-0.25, -0.2) is 0 Å². The van der Waals surface area contributed by atoms with E-state index >= 15 is 0 Å². The molecule has 0 spiro atoms. The maximum atomic E-state index is 13.0. The Balaban J connectivity index is 1.40. The van der Waals surface area contributed by atoms with Crippen molar-refractivity contribution in [3.8, 4) is 17.2 Å². The van der Waals surface area contributed by atoms with Crippen molar-refractivity contribution in [2.24, 2.45) is 0 Å². The number of hydrogen-bond donors (Lipinski definition) is 2. The lowest BCUT2D eigenvalue weighted by Gasteiger charge is -2.14. The SMILES string of the molecule is CCOc1cc(/C=C2\SC(=O)N(CC(=O)Nc3ccc(OC)c(Cl)c3)C2=O)ccc1OCC(=O)Nc1ccccc1C. The molecule has 42 heavy (non-hydrogen) atoms. The minimum absolute atomic E-state index is 0.147. The topological polar surface area (TPSA) is 123 Å². The van der Waals surface area contributed by atoms with Crippen LogP contribution in [0.15, 0.2) is 65.6 Å². The highest BCUT2D eigenvalue weighted by atomic mass is 35.5.